The van der Waals surface area contributed by atoms with Gasteiger partial charge in [-0.15, -0.1) is 0 Å². The number of methoxy groups -OCH3 is 3. The molecule has 0 unspecified atom stereocenters. The van der Waals surface area contributed by atoms with Crippen molar-refractivity contribution in [1.82, 2.24) is 29.8 Å². The predicted octanol–water partition coefficient (Wildman–Crippen LogP) is 6.16. The largest absolute Gasteiger partial charge is 0.497 e. The van der Waals surface area contributed by atoms with Crippen LogP contribution < -0.4 is 24.4 Å². The van der Waals surface area contributed by atoms with E-state index in [9.17, 15) is 0 Å². The molecule has 48 heavy (non-hydrogen) atoms. The molecule has 4 heterocycles. The Hall–Kier alpha value is -4.94. The molecule has 6 rings (SSSR count). The molecular formula is C36H40N8O3S. The number of hydrogen-bond donors (Lipinski definition) is 1. The number of hydrogen-bond acceptors (Lipinski definition) is 12. The second-order valence-corrected chi connectivity index (χ2v) is 12.6. The first-order chi connectivity index (χ1) is 23.5. The van der Waals surface area contributed by atoms with Crippen molar-refractivity contribution in [2.45, 2.75) is 26.6 Å². The fraction of sp³-hybridized carbons (Fsp3) is 0.306. The Kier molecular flexibility index (Phi) is 10.8. The highest BCUT2D eigenvalue weighted by Gasteiger charge is 2.20. The molecule has 0 atom stereocenters. The molecule has 1 N–H and O–H groups in total. The minimum absolute atomic E-state index is 0.537. The molecule has 0 saturated carbocycles. The molecule has 1 aliphatic rings. The molecule has 0 aliphatic carbocycles. The lowest BCUT2D eigenvalue weighted by molar-refractivity contribution is 0.294. The van der Waals surface area contributed by atoms with Gasteiger partial charge in [0.05, 0.1) is 38.8 Å². The van der Waals surface area contributed by atoms with E-state index in [1.807, 2.05) is 61.3 Å². The number of pyridine rings is 2. The van der Waals surface area contributed by atoms with Crippen LogP contribution in [0, 0.1) is 6.92 Å². The maximum absolute atomic E-state index is 5.40. The van der Waals surface area contributed by atoms with Crippen molar-refractivity contribution in [2.75, 3.05) is 56.1 Å². The Bertz CT molecular complexity index is 1730. The Labute approximate surface area is 285 Å². The Morgan fingerprint density at radius 2 is 1.42 bits per heavy atom. The molecule has 3 aromatic heterocycles. The molecule has 248 valence electrons. The van der Waals surface area contributed by atoms with Crippen molar-refractivity contribution >= 4 is 29.2 Å². The average Bonchev–Trinajstić information content (AvgIpc) is 3.13. The van der Waals surface area contributed by atoms with Gasteiger partial charge >= 0.3 is 0 Å². The van der Waals surface area contributed by atoms with E-state index in [0.717, 1.165) is 70.6 Å². The maximum Gasteiger partial charge on any atom is 0.229 e. The van der Waals surface area contributed by atoms with Gasteiger partial charge < -0.3 is 24.4 Å². The van der Waals surface area contributed by atoms with Crippen molar-refractivity contribution in [3.8, 4) is 28.8 Å². The van der Waals surface area contributed by atoms with Gasteiger partial charge in [0, 0.05) is 56.5 Å². The second kappa shape index (κ2) is 15.8. The third kappa shape index (κ3) is 8.50. The molecule has 0 amide bonds. The molecule has 2 aromatic carbocycles. The molecule has 1 fully saturated rings. The van der Waals surface area contributed by atoms with E-state index in [2.05, 4.69) is 50.4 Å². The van der Waals surface area contributed by atoms with Crippen molar-refractivity contribution < 1.29 is 14.2 Å². The molecule has 1 saturated heterocycles. The summed E-state index contributed by atoms with van der Waals surface area (Å²) in [5.74, 6) is 6.78. The summed E-state index contributed by atoms with van der Waals surface area (Å²) >= 11 is 2.00. The number of anilines is 3. The normalized spacial score (nSPS) is 13.2. The van der Waals surface area contributed by atoms with Gasteiger partial charge in [-0.1, -0.05) is 24.3 Å². The molecule has 0 radical (unpaired) electrons. The Balaban J connectivity index is 1.38. The average molecular weight is 665 g/mol. The molecule has 5 aromatic rings. The van der Waals surface area contributed by atoms with Gasteiger partial charge in [-0.3, -0.25) is 4.90 Å². The zero-order valence-electron chi connectivity index (χ0n) is 27.7. The van der Waals surface area contributed by atoms with E-state index < -0.39 is 0 Å². The standard InChI is InChI=1S/C36H40N8O3S/c1-25-39-35(32-19-28(22-43-15-17-48-18-16-43)20-38-34(32)41-29-9-14-33(47-4)37-21-29)42-36(40-25)44(23-26-5-10-30(45-2)11-6-26)24-27-7-12-31(46-3)13-8-27/h5-14,19-21H,15-18,22-24H2,1-4H3,(H,38,41). The van der Waals surface area contributed by atoms with Crippen LogP contribution in [0.25, 0.3) is 11.4 Å². The molecule has 1 aliphatic heterocycles. The van der Waals surface area contributed by atoms with Crippen LogP contribution in [0.4, 0.5) is 17.5 Å². The van der Waals surface area contributed by atoms with Crippen LogP contribution in [-0.4, -0.2) is 75.7 Å². The van der Waals surface area contributed by atoms with Gasteiger partial charge in [0.1, 0.15) is 23.1 Å². The van der Waals surface area contributed by atoms with Crippen LogP contribution in [0.1, 0.15) is 22.5 Å². The van der Waals surface area contributed by atoms with Gasteiger partial charge in [-0.05, 0) is 60.0 Å². The third-order valence-electron chi connectivity index (χ3n) is 7.99. The minimum atomic E-state index is 0.537. The Morgan fingerprint density at radius 3 is 2.00 bits per heavy atom. The summed E-state index contributed by atoms with van der Waals surface area (Å²) in [4.78, 5) is 28.7. The van der Waals surface area contributed by atoms with E-state index in [0.29, 0.717) is 42.4 Å². The number of nitrogens with zero attached hydrogens (tertiary/aromatic N) is 7. The molecule has 12 heteroatoms. The monoisotopic (exact) mass is 664 g/mol. The predicted molar refractivity (Wildman–Crippen MR) is 190 cm³/mol. The van der Waals surface area contributed by atoms with Crippen LogP contribution in [0.15, 0.2) is 79.1 Å². The first-order valence-electron chi connectivity index (χ1n) is 15.8. The number of aromatic nitrogens is 5. The molecule has 11 nitrogen and oxygen atoms in total. The summed E-state index contributed by atoms with van der Waals surface area (Å²) in [6.45, 7) is 5.97. The van der Waals surface area contributed by atoms with Gasteiger partial charge in [0.2, 0.25) is 11.8 Å². The summed E-state index contributed by atoms with van der Waals surface area (Å²) in [7, 11) is 4.94. The number of aryl methyl sites for hydroxylation is 1. The van der Waals surface area contributed by atoms with Crippen LogP contribution in [0.5, 0.6) is 17.4 Å². The van der Waals surface area contributed by atoms with Crippen LogP contribution >= 0.6 is 11.8 Å². The smallest absolute Gasteiger partial charge is 0.229 e. The van der Waals surface area contributed by atoms with Crippen LogP contribution in [0.3, 0.4) is 0 Å². The van der Waals surface area contributed by atoms with Gasteiger partial charge in [0.25, 0.3) is 0 Å². The lowest BCUT2D eigenvalue weighted by Gasteiger charge is -2.26. The first kappa shape index (κ1) is 33.0. The van der Waals surface area contributed by atoms with E-state index >= 15 is 0 Å². The highest BCUT2D eigenvalue weighted by molar-refractivity contribution is 7.99. The lowest BCUT2D eigenvalue weighted by atomic mass is 10.1. The lowest BCUT2D eigenvalue weighted by Crippen LogP contribution is -2.32. The Morgan fingerprint density at radius 1 is 0.750 bits per heavy atom. The third-order valence-corrected chi connectivity index (χ3v) is 8.93. The topological polar surface area (TPSA) is 111 Å². The van der Waals surface area contributed by atoms with Gasteiger partial charge in [-0.2, -0.15) is 21.7 Å². The number of thioether (sulfide) groups is 1. The van der Waals surface area contributed by atoms with Crippen molar-refractivity contribution in [3.05, 3.63) is 102 Å². The van der Waals surface area contributed by atoms with E-state index in [4.69, 9.17) is 34.1 Å². The highest BCUT2D eigenvalue weighted by Crippen LogP contribution is 2.30. The summed E-state index contributed by atoms with van der Waals surface area (Å²) in [5.41, 5.74) is 4.86. The zero-order chi connectivity index (χ0) is 33.3. The first-order valence-corrected chi connectivity index (χ1v) is 16.9. The SMILES string of the molecule is COc1ccc(CN(Cc2ccc(OC)cc2)c2nc(C)nc(-c3cc(CN4CCSCC4)cnc3Nc3ccc(OC)nc3)n2)cc1. The summed E-state index contributed by atoms with van der Waals surface area (Å²) in [6.07, 6.45) is 3.65. The van der Waals surface area contributed by atoms with Crippen molar-refractivity contribution in [2.24, 2.45) is 0 Å². The molecule has 0 bridgehead atoms. The van der Waals surface area contributed by atoms with Crippen LogP contribution in [0.2, 0.25) is 0 Å². The fourth-order valence-electron chi connectivity index (χ4n) is 5.42. The van der Waals surface area contributed by atoms with E-state index in [1.165, 1.54) is 0 Å². The number of nitrogens with one attached hydrogen (secondary N) is 1. The minimum Gasteiger partial charge on any atom is -0.497 e. The fourth-order valence-corrected chi connectivity index (χ4v) is 6.40. The zero-order valence-corrected chi connectivity index (χ0v) is 28.5. The second-order valence-electron chi connectivity index (χ2n) is 11.4. The van der Waals surface area contributed by atoms with Gasteiger partial charge in [-0.25, -0.2) is 15.0 Å². The van der Waals surface area contributed by atoms with Crippen molar-refractivity contribution in [1.29, 1.82) is 0 Å². The van der Waals surface area contributed by atoms with Crippen LogP contribution in [-0.2, 0) is 19.6 Å². The number of rotatable bonds is 13. The number of ether oxygens (including phenoxy) is 3. The highest BCUT2D eigenvalue weighted by atomic mass is 32.2. The maximum atomic E-state index is 5.40. The summed E-state index contributed by atoms with van der Waals surface area (Å²) in [5, 5.41) is 3.44. The summed E-state index contributed by atoms with van der Waals surface area (Å²) < 4.78 is 16.0. The van der Waals surface area contributed by atoms with E-state index in [1.54, 1.807) is 27.5 Å². The molecular weight excluding hydrogens is 625 g/mol. The molecule has 0 spiro atoms. The van der Waals surface area contributed by atoms with E-state index in [-0.39, 0.29) is 0 Å². The number of benzene rings is 2. The van der Waals surface area contributed by atoms with Gasteiger partial charge in [0.15, 0.2) is 5.82 Å². The summed E-state index contributed by atoms with van der Waals surface area (Å²) in [6, 6.07) is 22.0. The quantitative estimate of drug-likeness (QED) is 0.156. The van der Waals surface area contributed by atoms with Crippen molar-refractivity contribution in [3.63, 3.8) is 0 Å².